The highest BCUT2D eigenvalue weighted by Gasteiger charge is 2.21. The normalized spacial score (nSPS) is 10.9. The summed E-state index contributed by atoms with van der Waals surface area (Å²) in [5, 5.41) is 9.11. The number of hydrogen-bond acceptors (Lipinski definition) is 3. The van der Waals surface area contributed by atoms with Crippen molar-refractivity contribution in [3.63, 3.8) is 0 Å². The van der Waals surface area contributed by atoms with E-state index in [2.05, 4.69) is 15.4 Å². The number of nitrogens with one attached hydrogen (secondary N) is 1. The van der Waals surface area contributed by atoms with Crippen LogP contribution in [0.1, 0.15) is 16.2 Å². The van der Waals surface area contributed by atoms with Gasteiger partial charge in [-0.3, -0.25) is 4.79 Å². The molecule has 9 heteroatoms. The largest absolute Gasteiger partial charge is 0.318 e. The lowest BCUT2D eigenvalue weighted by Crippen LogP contribution is -2.14. The number of halogens is 4. The number of rotatable bonds is 4. The van der Waals surface area contributed by atoms with Gasteiger partial charge in [-0.1, -0.05) is 52.5 Å². The smallest absolute Gasteiger partial charge is 0.295 e. The Morgan fingerprint density at radius 3 is 2.32 bits per heavy atom. The van der Waals surface area contributed by atoms with E-state index in [0.29, 0.717) is 37.3 Å². The van der Waals surface area contributed by atoms with E-state index in [9.17, 15) is 4.79 Å². The quantitative estimate of drug-likeness (QED) is 0.331. The molecule has 0 aliphatic rings. The third-order valence-electron chi connectivity index (χ3n) is 4.56. The van der Waals surface area contributed by atoms with Gasteiger partial charge in [-0.05, 0) is 67.1 Å². The number of carbonyl (C=O) groups excluding carboxylic acids is 1. The Bertz CT molecular complexity index is 1290. The Morgan fingerprint density at radius 2 is 1.61 bits per heavy atom. The highest BCUT2D eigenvalue weighted by molar-refractivity contribution is 6.36. The third-order valence-corrected chi connectivity index (χ3v) is 5.77. The van der Waals surface area contributed by atoms with Crippen molar-refractivity contribution < 1.29 is 4.79 Å². The summed E-state index contributed by atoms with van der Waals surface area (Å²) in [5.74, 6) is -0.0809. The second kappa shape index (κ2) is 8.89. The fourth-order valence-corrected chi connectivity index (χ4v) is 3.71. The van der Waals surface area contributed by atoms with E-state index >= 15 is 0 Å². The van der Waals surface area contributed by atoms with Crippen LogP contribution in [0.15, 0.2) is 60.7 Å². The van der Waals surface area contributed by atoms with Crippen molar-refractivity contribution in [3.8, 4) is 17.1 Å². The van der Waals surface area contributed by atoms with Crippen LogP contribution in [-0.4, -0.2) is 20.7 Å². The Labute approximate surface area is 198 Å². The van der Waals surface area contributed by atoms with Gasteiger partial charge in [-0.2, -0.15) is 0 Å². The summed E-state index contributed by atoms with van der Waals surface area (Å²) in [5.41, 5.74) is 2.64. The molecule has 0 unspecified atom stereocenters. The SMILES string of the molecule is Cc1c(Cl)cccc1-n1nc(C(=O)Nc2ccc(Cl)cc2Cl)nc1-c1ccc(Cl)cc1. The van der Waals surface area contributed by atoms with E-state index in [1.165, 1.54) is 0 Å². The molecule has 0 saturated carbocycles. The molecule has 0 saturated heterocycles. The minimum absolute atomic E-state index is 0.0321. The topological polar surface area (TPSA) is 59.8 Å². The zero-order valence-corrected chi connectivity index (χ0v) is 19.1. The van der Waals surface area contributed by atoms with Crippen molar-refractivity contribution >= 4 is 58.0 Å². The van der Waals surface area contributed by atoms with E-state index in [1.807, 2.05) is 19.1 Å². The average molecular weight is 492 g/mol. The van der Waals surface area contributed by atoms with Gasteiger partial charge in [-0.15, -0.1) is 5.10 Å². The van der Waals surface area contributed by atoms with Gasteiger partial charge in [-0.25, -0.2) is 9.67 Å². The van der Waals surface area contributed by atoms with Crippen molar-refractivity contribution in [1.29, 1.82) is 0 Å². The van der Waals surface area contributed by atoms with Gasteiger partial charge >= 0.3 is 0 Å². The van der Waals surface area contributed by atoms with Gasteiger partial charge in [0.05, 0.1) is 16.4 Å². The van der Waals surface area contributed by atoms with E-state index in [-0.39, 0.29) is 5.82 Å². The highest BCUT2D eigenvalue weighted by Crippen LogP contribution is 2.29. The van der Waals surface area contributed by atoms with Gasteiger partial charge in [0.15, 0.2) is 5.82 Å². The van der Waals surface area contributed by atoms with E-state index in [0.717, 1.165) is 11.1 Å². The van der Waals surface area contributed by atoms with Gasteiger partial charge in [0.25, 0.3) is 5.91 Å². The van der Waals surface area contributed by atoms with Crippen LogP contribution in [0.5, 0.6) is 0 Å². The summed E-state index contributed by atoms with van der Waals surface area (Å²) in [7, 11) is 0. The van der Waals surface area contributed by atoms with Crippen LogP contribution in [0.25, 0.3) is 17.1 Å². The van der Waals surface area contributed by atoms with Gasteiger partial charge in [0.2, 0.25) is 5.82 Å². The molecule has 4 aromatic rings. The van der Waals surface area contributed by atoms with Crippen molar-refractivity contribution in [2.45, 2.75) is 6.92 Å². The first-order valence-corrected chi connectivity index (χ1v) is 10.6. The lowest BCUT2D eigenvalue weighted by Gasteiger charge is -2.10. The maximum atomic E-state index is 12.9. The minimum Gasteiger partial charge on any atom is -0.318 e. The lowest BCUT2D eigenvalue weighted by molar-refractivity contribution is 0.101. The van der Waals surface area contributed by atoms with Crippen LogP contribution in [0.3, 0.4) is 0 Å². The fraction of sp³-hybridized carbons (Fsp3) is 0.0455. The molecular formula is C22H14Cl4N4O. The molecule has 156 valence electrons. The number of amides is 1. The molecule has 1 heterocycles. The van der Waals surface area contributed by atoms with E-state index in [4.69, 9.17) is 46.4 Å². The molecule has 0 aliphatic heterocycles. The summed E-state index contributed by atoms with van der Waals surface area (Å²) in [6.45, 7) is 1.87. The van der Waals surface area contributed by atoms with Crippen LogP contribution in [0.4, 0.5) is 5.69 Å². The van der Waals surface area contributed by atoms with Gasteiger partial charge < -0.3 is 5.32 Å². The number of anilines is 1. The fourth-order valence-electron chi connectivity index (χ4n) is 2.96. The first-order valence-electron chi connectivity index (χ1n) is 9.08. The zero-order chi connectivity index (χ0) is 22.1. The van der Waals surface area contributed by atoms with Crippen LogP contribution >= 0.6 is 46.4 Å². The van der Waals surface area contributed by atoms with Crippen molar-refractivity contribution in [2.75, 3.05) is 5.32 Å². The molecule has 0 radical (unpaired) electrons. The molecule has 1 N–H and O–H groups in total. The highest BCUT2D eigenvalue weighted by atomic mass is 35.5. The number of carbonyl (C=O) groups is 1. The van der Waals surface area contributed by atoms with Crippen LogP contribution in [0.2, 0.25) is 20.1 Å². The van der Waals surface area contributed by atoms with E-state index in [1.54, 1.807) is 53.2 Å². The molecule has 0 fully saturated rings. The predicted molar refractivity (Wildman–Crippen MR) is 126 cm³/mol. The van der Waals surface area contributed by atoms with Crippen LogP contribution < -0.4 is 5.32 Å². The summed E-state index contributed by atoms with van der Waals surface area (Å²) < 4.78 is 1.59. The summed E-state index contributed by atoms with van der Waals surface area (Å²) in [6.07, 6.45) is 0. The molecule has 0 atom stereocenters. The number of hydrogen-bond donors (Lipinski definition) is 1. The van der Waals surface area contributed by atoms with Crippen molar-refractivity contribution in [1.82, 2.24) is 14.8 Å². The Hall–Kier alpha value is -2.57. The number of benzene rings is 3. The summed E-state index contributed by atoms with van der Waals surface area (Å²) >= 11 is 24.4. The second-order valence-corrected chi connectivity index (χ2v) is 8.33. The molecule has 0 spiro atoms. The van der Waals surface area contributed by atoms with Crippen molar-refractivity contribution in [2.24, 2.45) is 0 Å². The van der Waals surface area contributed by atoms with Gasteiger partial charge in [0.1, 0.15) is 0 Å². The first kappa shape index (κ1) is 21.7. The molecule has 1 aromatic heterocycles. The average Bonchev–Trinajstić information content (AvgIpc) is 3.18. The second-order valence-electron chi connectivity index (χ2n) is 6.64. The monoisotopic (exact) mass is 490 g/mol. The molecule has 4 rings (SSSR count). The van der Waals surface area contributed by atoms with E-state index < -0.39 is 5.91 Å². The standard InChI is InChI=1S/C22H14Cl4N4O/c1-12-16(25)3-2-4-19(12)30-21(13-5-7-14(23)8-6-13)28-20(29-30)22(31)27-18-10-9-15(24)11-17(18)26/h2-11H,1H3,(H,27,31). The maximum absolute atomic E-state index is 12.9. The maximum Gasteiger partial charge on any atom is 0.295 e. The predicted octanol–water partition coefficient (Wildman–Crippen LogP) is 7.11. The summed E-state index contributed by atoms with van der Waals surface area (Å²) in [6, 6.07) is 17.3. The molecular weight excluding hydrogens is 478 g/mol. The molecule has 3 aromatic carbocycles. The molecule has 0 aliphatic carbocycles. The lowest BCUT2D eigenvalue weighted by atomic mass is 10.1. The molecule has 1 amide bonds. The Kier molecular flexibility index (Phi) is 6.21. The first-order chi connectivity index (χ1) is 14.8. The molecule has 0 bridgehead atoms. The number of nitrogens with zero attached hydrogens (tertiary/aromatic N) is 3. The third kappa shape index (κ3) is 4.55. The minimum atomic E-state index is -0.516. The Morgan fingerprint density at radius 1 is 0.903 bits per heavy atom. The molecule has 5 nitrogen and oxygen atoms in total. The van der Waals surface area contributed by atoms with Crippen molar-refractivity contribution in [3.05, 3.63) is 92.1 Å². The zero-order valence-electron chi connectivity index (χ0n) is 16.0. The number of aromatic nitrogens is 3. The summed E-state index contributed by atoms with van der Waals surface area (Å²) in [4.78, 5) is 17.4. The Balaban J connectivity index is 1.80. The van der Waals surface area contributed by atoms with Gasteiger partial charge in [0, 0.05) is 20.6 Å². The van der Waals surface area contributed by atoms with Crippen LogP contribution in [-0.2, 0) is 0 Å². The van der Waals surface area contributed by atoms with Crippen LogP contribution in [0, 0.1) is 6.92 Å². The molecule has 31 heavy (non-hydrogen) atoms.